The lowest BCUT2D eigenvalue weighted by Gasteiger charge is -2.08. The van der Waals surface area contributed by atoms with Gasteiger partial charge in [0.1, 0.15) is 11.5 Å². The van der Waals surface area contributed by atoms with Gasteiger partial charge in [0.05, 0.1) is 25.7 Å². The zero-order valence-electron chi connectivity index (χ0n) is 14.6. The molecule has 0 bridgehead atoms. The molecule has 2 aromatic heterocycles. The first kappa shape index (κ1) is 18.3. The molecule has 0 saturated heterocycles. The second kappa shape index (κ2) is 8.24. The van der Waals surface area contributed by atoms with Gasteiger partial charge in [0.15, 0.2) is 10.3 Å². The van der Waals surface area contributed by atoms with Crippen molar-refractivity contribution >= 4 is 34.1 Å². The minimum Gasteiger partial charge on any atom is -0.497 e. The van der Waals surface area contributed by atoms with Crippen molar-refractivity contribution in [3.05, 3.63) is 36.0 Å². The number of rotatable bonds is 7. The molecule has 3 rings (SSSR count). The zero-order chi connectivity index (χ0) is 18.5. The molecule has 1 amide bonds. The molecule has 3 aromatic rings. The lowest BCUT2D eigenvalue weighted by Crippen LogP contribution is -2.14. The Morgan fingerprint density at radius 3 is 2.88 bits per heavy atom. The fourth-order valence-corrected chi connectivity index (χ4v) is 3.70. The summed E-state index contributed by atoms with van der Waals surface area (Å²) < 4.78 is 12.5. The van der Waals surface area contributed by atoms with Crippen LogP contribution < -0.4 is 14.8 Å². The quantitative estimate of drug-likeness (QED) is 0.624. The molecule has 0 saturated carbocycles. The van der Waals surface area contributed by atoms with Crippen molar-refractivity contribution in [1.82, 2.24) is 14.5 Å². The number of carbonyl (C=O) groups excluding carboxylic acids is 1. The van der Waals surface area contributed by atoms with Crippen LogP contribution in [0.3, 0.4) is 0 Å². The predicted molar refractivity (Wildman–Crippen MR) is 103 cm³/mol. The summed E-state index contributed by atoms with van der Waals surface area (Å²) in [5.74, 6) is 1.52. The van der Waals surface area contributed by atoms with Gasteiger partial charge in [0.2, 0.25) is 5.91 Å². The number of anilines is 1. The van der Waals surface area contributed by atoms with Gasteiger partial charge in [-0.15, -0.1) is 11.3 Å². The van der Waals surface area contributed by atoms with Gasteiger partial charge in [0.25, 0.3) is 0 Å². The number of hydrogen-bond acceptors (Lipinski definition) is 7. The van der Waals surface area contributed by atoms with Gasteiger partial charge in [-0.2, -0.15) is 0 Å². The molecule has 0 aliphatic rings. The Labute approximate surface area is 159 Å². The van der Waals surface area contributed by atoms with E-state index in [0.29, 0.717) is 16.6 Å². The van der Waals surface area contributed by atoms with E-state index in [4.69, 9.17) is 9.47 Å². The van der Waals surface area contributed by atoms with Gasteiger partial charge in [-0.25, -0.2) is 9.97 Å². The van der Waals surface area contributed by atoms with Gasteiger partial charge in [0, 0.05) is 36.5 Å². The summed E-state index contributed by atoms with van der Waals surface area (Å²) in [6, 6.07) is 5.53. The SMILES string of the molecule is COc1ccc(-c2csc(NC(=O)CSc3nccn3C)n2)c(OC)c1. The van der Waals surface area contributed by atoms with E-state index < -0.39 is 0 Å². The summed E-state index contributed by atoms with van der Waals surface area (Å²) in [7, 11) is 5.10. The van der Waals surface area contributed by atoms with Crippen LogP contribution in [0.15, 0.2) is 41.1 Å². The van der Waals surface area contributed by atoms with E-state index in [0.717, 1.165) is 16.4 Å². The molecule has 0 aliphatic carbocycles. The topological polar surface area (TPSA) is 78.3 Å². The summed E-state index contributed by atoms with van der Waals surface area (Å²) in [5.41, 5.74) is 1.58. The van der Waals surface area contributed by atoms with E-state index in [9.17, 15) is 4.79 Å². The number of benzene rings is 1. The van der Waals surface area contributed by atoms with Gasteiger partial charge in [-0.3, -0.25) is 4.79 Å². The lowest BCUT2D eigenvalue weighted by atomic mass is 10.1. The van der Waals surface area contributed by atoms with Crippen molar-refractivity contribution in [2.75, 3.05) is 25.3 Å². The number of hydrogen-bond donors (Lipinski definition) is 1. The molecule has 26 heavy (non-hydrogen) atoms. The Kier molecular flexibility index (Phi) is 5.79. The highest BCUT2D eigenvalue weighted by molar-refractivity contribution is 7.99. The largest absolute Gasteiger partial charge is 0.497 e. The van der Waals surface area contributed by atoms with Crippen molar-refractivity contribution in [1.29, 1.82) is 0 Å². The number of thioether (sulfide) groups is 1. The average molecular weight is 390 g/mol. The molecular formula is C17H18N4O3S2. The number of thiazole rings is 1. The highest BCUT2D eigenvalue weighted by Crippen LogP contribution is 2.34. The Hall–Kier alpha value is -2.52. The first-order valence-electron chi connectivity index (χ1n) is 7.68. The Bertz CT molecular complexity index is 907. The molecule has 1 N–H and O–H groups in total. The minimum atomic E-state index is -0.124. The predicted octanol–water partition coefficient (Wildman–Crippen LogP) is 3.29. The van der Waals surface area contributed by atoms with Crippen molar-refractivity contribution in [2.45, 2.75) is 5.16 Å². The van der Waals surface area contributed by atoms with Crippen LogP contribution in [0.4, 0.5) is 5.13 Å². The molecule has 0 aliphatic heterocycles. The highest BCUT2D eigenvalue weighted by atomic mass is 32.2. The van der Waals surface area contributed by atoms with Gasteiger partial charge in [-0.1, -0.05) is 11.8 Å². The third-order valence-corrected chi connectivity index (χ3v) is 5.36. The van der Waals surface area contributed by atoms with Crippen LogP contribution in [0.5, 0.6) is 11.5 Å². The Morgan fingerprint density at radius 2 is 2.19 bits per heavy atom. The second-order valence-corrected chi connectivity index (χ2v) is 7.06. The molecule has 9 heteroatoms. The summed E-state index contributed by atoms with van der Waals surface area (Å²) in [6.07, 6.45) is 3.55. The monoisotopic (exact) mass is 390 g/mol. The number of nitrogens with one attached hydrogen (secondary N) is 1. The van der Waals surface area contributed by atoms with Gasteiger partial charge >= 0.3 is 0 Å². The normalized spacial score (nSPS) is 10.6. The third kappa shape index (κ3) is 4.17. The molecule has 0 atom stereocenters. The maximum absolute atomic E-state index is 12.1. The smallest absolute Gasteiger partial charge is 0.236 e. The number of ether oxygens (including phenoxy) is 2. The Balaban J connectivity index is 1.66. The summed E-state index contributed by atoms with van der Waals surface area (Å²) in [5, 5.41) is 6.04. The molecule has 2 heterocycles. The van der Waals surface area contributed by atoms with Crippen LogP contribution in [0.2, 0.25) is 0 Å². The molecule has 0 unspecified atom stereocenters. The molecule has 7 nitrogen and oxygen atoms in total. The molecule has 0 spiro atoms. The third-order valence-electron chi connectivity index (χ3n) is 3.54. The second-order valence-electron chi connectivity index (χ2n) is 5.26. The number of carbonyl (C=O) groups is 1. The molecule has 136 valence electrons. The van der Waals surface area contributed by atoms with Gasteiger partial charge in [-0.05, 0) is 12.1 Å². The van der Waals surface area contributed by atoms with E-state index >= 15 is 0 Å². The van der Waals surface area contributed by atoms with E-state index in [1.54, 1.807) is 26.5 Å². The summed E-state index contributed by atoms with van der Waals surface area (Å²) in [6.45, 7) is 0. The Morgan fingerprint density at radius 1 is 1.35 bits per heavy atom. The van der Waals surface area contributed by atoms with Crippen LogP contribution in [-0.2, 0) is 11.8 Å². The molecule has 1 aromatic carbocycles. The van der Waals surface area contributed by atoms with Crippen molar-refractivity contribution in [3.8, 4) is 22.8 Å². The maximum Gasteiger partial charge on any atom is 0.236 e. The van der Waals surface area contributed by atoms with Crippen LogP contribution in [0, 0.1) is 0 Å². The fraction of sp³-hybridized carbons (Fsp3) is 0.235. The van der Waals surface area contributed by atoms with Crippen molar-refractivity contribution < 1.29 is 14.3 Å². The number of nitrogens with zero attached hydrogens (tertiary/aromatic N) is 3. The first-order chi connectivity index (χ1) is 12.6. The number of amides is 1. The minimum absolute atomic E-state index is 0.124. The average Bonchev–Trinajstić information content (AvgIpc) is 3.28. The maximum atomic E-state index is 12.1. The number of imidazole rings is 1. The molecular weight excluding hydrogens is 372 g/mol. The van der Waals surface area contributed by atoms with Crippen LogP contribution >= 0.6 is 23.1 Å². The van der Waals surface area contributed by atoms with Crippen LogP contribution in [0.1, 0.15) is 0 Å². The van der Waals surface area contributed by atoms with Crippen LogP contribution in [-0.4, -0.2) is 40.4 Å². The summed E-state index contributed by atoms with van der Waals surface area (Å²) >= 11 is 2.75. The number of aromatic nitrogens is 3. The van der Waals surface area contributed by atoms with E-state index in [1.807, 2.05) is 35.3 Å². The van der Waals surface area contributed by atoms with E-state index in [1.165, 1.54) is 23.1 Å². The highest BCUT2D eigenvalue weighted by Gasteiger charge is 2.13. The number of aryl methyl sites for hydroxylation is 1. The number of methoxy groups -OCH3 is 2. The van der Waals surface area contributed by atoms with Crippen LogP contribution in [0.25, 0.3) is 11.3 Å². The first-order valence-corrected chi connectivity index (χ1v) is 9.55. The standard InChI is InChI=1S/C17H18N4O3S2/c1-21-7-6-18-17(21)26-10-15(22)20-16-19-13(9-25-16)12-5-4-11(23-2)8-14(12)24-3/h4-9H,10H2,1-3H3,(H,19,20,22). The zero-order valence-corrected chi connectivity index (χ0v) is 16.2. The fourth-order valence-electron chi connectivity index (χ4n) is 2.24. The van der Waals surface area contributed by atoms with Crippen molar-refractivity contribution in [3.63, 3.8) is 0 Å². The molecule has 0 radical (unpaired) electrons. The van der Waals surface area contributed by atoms with E-state index in [2.05, 4.69) is 15.3 Å². The summed E-state index contributed by atoms with van der Waals surface area (Å²) in [4.78, 5) is 20.8. The van der Waals surface area contributed by atoms with Crippen molar-refractivity contribution in [2.24, 2.45) is 7.05 Å². The lowest BCUT2D eigenvalue weighted by molar-refractivity contribution is -0.113. The van der Waals surface area contributed by atoms with Gasteiger partial charge < -0.3 is 19.4 Å². The molecule has 0 fully saturated rings. The van der Waals surface area contributed by atoms with E-state index in [-0.39, 0.29) is 11.7 Å².